The van der Waals surface area contributed by atoms with Crippen molar-refractivity contribution in [2.45, 2.75) is 56.8 Å². The number of hydrogen-bond acceptors (Lipinski definition) is 4. The maximum absolute atomic E-state index is 13.0. The number of sulfonamides is 1. The normalized spacial score (nSPS) is 29.9. The van der Waals surface area contributed by atoms with Crippen LogP contribution >= 0.6 is 0 Å². The van der Waals surface area contributed by atoms with E-state index >= 15 is 0 Å². The largest absolute Gasteiger partial charge is 0.416 e. The summed E-state index contributed by atoms with van der Waals surface area (Å²) in [7, 11) is -3.72. The van der Waals surface area contributed by atoms with Crippen LogP contribution in [0.25, 0.3) is 0 Å². The van der Waals surface area contributed by atoms with Crippen LogP contribution in [0.2, 0.25) is 0 Å². The highest BCUT2D eigenvalue weighted by Crippen LogP contribution is 2.48. The van der Waals surface area contributed by atoms with E-state index in [1.165, 1.54) is 16.4 Å². The van der Waals surface area contributed by atoms with Crippen LogP contribution in [-0.4, -0.2) is 55.0 Å². The van der Waals surface area contributed by atoms with Crippen LogP contribution in [0, 0.1) is 11.8 Å². The first-order chi connectivity index (χ1) is 14.4. The Labute approximate surface area is 180 Å². The standard InChI is InChI=1S/C21H27F3N2O4S/c1-14(2)18-12-30-20-9-10-25(11-17(20)7-8-19(27)26(18)20)31(28,29)13-15-3-5-16(6-4-15)21(22,23)24/h3-6,14,17-18H,7-13H2,1-2H3/t17-,18-,20-/m1/s1. The minimum Gasteiger partial charge on any atom is -0.353 e. The highest BCUT2D eigenvalue weighted by atomic mass is 32.2. The number of ether oxygens (including phenoxy) is 1. The van der Waals surface area contributed by atoms with E-state index in [1.807, 2.05) is 18.7 Å². The second-order valence-corrected chi connectivity index (χ2v) is 11.0. The van der Waals surface area contributed by atoms with E-state index in [-0.39, 0.29) is 42.6 Å². The van der Waals surface area contributed by atoms with E-state index in [2.05, 4.69) is 0 Å². The summed E-state index contributed by atoms with van der Waals surface area (Å²) in [6.07, 6.45) is -3.13. The third kappa shape index (κ3) is 3.98. The molecule has 0 unspecified atom stereocenters. The molecular formula is C21H27F3N2O4S. The van der Waals surface area contributed by atoms with Crippen LogP contribution in [0.1, 0.15) is 44.2 Å². The summed E-state index contributed by atoms with van der Waals surface area (Å²) in [4.78, 5) is 14.6. The van der Waals surface area contributed by atoms with Crippen LogP contribution in [0.15, 0.2) is 24.3 Å². The van der Waals surface area contributed by atoms with E-state index in [0.717, 1.165) is 12.1 Å². The molecule has 0 aromatic heterocycles. The van der Waals surface area contributed by atoms with Gasteiger partial charge in [-0.3, -0.25) is 4.79 Å². The van der Waals surface area contributed by atoms with Crippen molar-refractivity contribution < 1.29 is 31.1 Å². The fourth-order valence-corrected chi connectivity index (χ4v) is 6.67. The van der Waals surface area contributed by atoms with E-state index in [1.54, 1.807) is 0 Å². The van der Waals surface area contributed by atoms with Crippen LogP contribution in [0.4, 0.5) is 13.2 Å². The molecule has 4 rings (SSSR count). The zero-order chi connectivity index (χ0) is 22.6. The predicted molar refractivity (Wildman–Crippen MR) is 107 cm³/mol. The van der Waals surface area contributed by atoms with Gasteiger partial charge in [0, 0.05) is 31.8 Å². The maximum atomic E-state index is 13.0. The summed E-state index contributed by atoms with van der Waals surface area (Å²) >= 11 is 0. The molecule has 1 aromatic carbocycles. The number of nitrogens with zero attached hydrogens (tertiary/aromatic N) is 2. The Bertz CT molecular complexity index is 948. The third-order valence-corrected chi connectivity index (χ3v) is 8.61. The SMILES string of the molecule is CC(C)[C@H]1CO[C@]23CCN(S(=O)(=O)Cc4ccc(C(F)(F)F)cc4)C[C@H]2CCC(=O)N13. The molecule has 3 heterocycles. The van der Waals surface area contributed by atoms with Gasteiger partial charge in [-0.15, -0.1) is 0 Å². The molecule has 3 fully saturated rings. The minimum absolute atomic E-state index is 0.00870. The van der Waals surface area contributed by atoms with Gasteiger partial charge >= 0.3 is 6.18 Å². The molecule has 6 nitrogen and oxygen atoms in total. The van der Waals surface area contributed by atoms with Gasteiger partial charge in [0.1, 0.15) is 5.72 Å². The average Bonchev–Trinajstić information content (AvgIpc) is 3.08. The van der Waals surface area contributed by atoms with Crippen LogP contribution in [-0.2, 0) is 31.5 Å². The summed E-state index contributed by atoms with van der Waals surface area (Å²) in [5, 5.41) is 0. The molecule has 1 aromatic rings. The molecule has 3 aliphatic rings. The van der Waals surface area contributed by atoms with Crippen molar-refractivity contribution in [2.75, 3.05) is 19.7 Å². The van der Waals surface area contributed by atoms with Gasteiger partial charge < -0.3 is 9.64 Å². The van der Waals surface area contributed by atoms with Gasteiger partial charge in [-0.2, -0.15) is 13.2 Å². The Balaban J connectivity index is 1.50. The van der Waals surface area contributed by atoms with Gasteiger partial charge in [0.25, 0.3) is 0 Å². The van der Waals surface area contributed by atoms with Crippen molar-refractivity contribution in [1.82, 2.24) is 9.21 Å². The smallest absolute Gasteiger partial charge is 0.353 e. The lowest BCUT2D eigenvalue weighted by atomic mass is 9.80. The molecule has 10 heteroatoms. The summed E-state index contributed by atoms with van der Waals surface area (Å²) in [5.41, 5.74) is -1.24. The van der Waals surface area contributed by atoms with Crippen molar-refractivity contribution in [3.63, 3.8) is 0 Å². The number of amides is 1. The first-order valence-electron chi connectivity index (χ1n) is 10.5. The second kappa shape index (κ2) is 7.74. The van der Waals surface area contributed by atoms with Gasteiger partial charge in [0.05, 0.1) is 24.0 Å². The molecule has 0 aliphatic carbocycles. The highest BCUT2D eigenvalue weighted by Gasteiger charge is 2.59. The average molecular weight is 461 g/mol. The van der Waals surface area contributed by atoms with Gasteiger partial charge in [-0.25, -0.2) is 12.7 Å². The third-order valence-electron chi connectivity index (χ3n) is 6.79. The van der Waals surface area contributed by atoms with Crippen molar-refractivity contribution >= 4 is 15.9 Å². The molecule has 0 radical (unpaired) electrons. The molecule has 3 saturated heterocycles. The highest BCUT2D eigenvalue weighted by molar-refractivity contribution is 7.88. The van der Waals surface area contributed by atoms with E-state index in [9.17, 15) is 26.4 Å². The summed E-state index contributed by atoms with van der Waals surface area (Å²) in [5.74, 6) is -0.176. The zero-order valence-corrected chi connectivity index (χ0v) is 18.4. The number of halogens is 3. The molecule has 3 aliphatic heterocycles. The number of carbonyl (C=O) groups is 1. The molecule has 0 saturated carbocycles. The monoisotopic (exact) mass is 460 g/mol. The fraction of sp³-hybridized carbons (Fsp3) is 0.667. The Morgan fingerprint density at radius 3 is 2.52 bits per heavy atom. The summed E-state index contributed by atoms with van der Waals surface area (Å²) in [6, 6.07) is 4.21. The van der Waals surface area contributed by atoms with Crippen LogP contribution in [0.5, 0.6) is 0 Å². The molecule has 1 amide bonds. The van der Waals surface area contributed by atoms with Crippen molar-refractivity contribution in [3.8, 4) is 0 Å². The van der Waals surface area contributed by atoms with Crippen molar-refractivity contribution in [1.29, 1.82) is 0 Å². The molecular weight excluding hydrogens is 433 g/mol. The Hall–Kier alpha value is -1.65. The van der Waals surface area contributed by atoms with E-state index in [0.29, 0.717) is 31.4 Å². The number of rotatable bonds is 4. The molecule has 172 valence electrons. The van der Waals surface area contributed by atoms with E-state index < -0.39 is 27.5 Å². The number of alkyl halides is 3. The fourth-order valence-electron chi connectivity index (χ4n) is 5.10. The Morgan fingerprint density at radius 1 is 1.23 bits per heavy atom. The first kappa shape index (κ1) is 22.5. The van der Waals surface area contributed by atoms with E-state index in [4.69, 9.17) is 4.74 Å². The van der Waals surface area contributed by atoms with Gasteiger partial charge in [0.2, 0.25) is 15.9 Å². The Morgan fingerprint density at radius 2 is 1.90 bits per heavy atom. The quantitative estimate of drug-likeness (QED) is 0.692. The van der Waals surface area contributed by atoms with Gasteiger partial charge in [-0.1, -0.05) is 26.0 Å². The molecule has 0 N–H and O–H groups in total. The van der Waals surface area contributed by atoms with Gasteiger partial charge in [0.15, 0.2) is 0 Å². The zero-order valence-electron chi connectivity index (χ0n) is 17.6. The molecule has 3 atom stereocenters. The molecule has 31 heavy (non-hydrogen) atoms. The lowest BCUT2D eigenvalue weighted by Gasteiger charge is -2.52. The second-order valence-electron chi connectivity index (χ2n) is 9.03. The summed E-state index contributed by atoms with van der Waals surface area (Å²) in [6.45, 7) is 5.02. The number of benzene rings is 1. The Kier molecular flexibility index (Phi) is 5.63. The van der Waals surface area contributed by atoms with Gasteiger partial charge in [-0.05, 0) is 30.0 Å². The lowest BCUT2D eigenvalue weighted by Crippen LogP contribution is -2.65. The first-order valence-corrected chi connectivity index (χ1v) is 12.1. The van der Waals surface area contributed by atoms with Crippen LogP contribution < -0.4 is 0 Å². The predicted octanol–water partition coefficient (Wildman–Crippen LogP) is 3.23. The number of carbonyl (C=O) groups excluding carboxylic acids is 1. The summed E-state index contributed by atoms with van der Waals surface area (Å²) < 4.78 is 71.9. The molecule has 1 spiro atoms. The van der Waals surface area contributed by atoms with Crippen LogP contribution in [0.3, 0.4) is 0 Å². The van der Waals surface area contributed by atoms with Crippen molar-refractivity contribution in [2.24, 2.45) is 11.8 Å². The maximum Gasteiger partial charge on any atom is 0.416 e. The minimum atomic E-state index is -4.46. The number of piperidine rings is 2. The van der Waals surface area contributed by atoms with Crippen molar-refractivity contribution in [3.05, 3.63) is 35.4 Å². The molecule has 0 bridgehead atoms. The topological polar surface area (TPSA) is 66.9 Å². The number of hydrogen-bond donors (Lipinski definition) is 0. The lowest BCUT2D eigenvalue weighted by molar-refractivity contribution is -0.187.